The first kappa shape index (κ1) is 14.4. The van der Waals surface area contributed by atoms with Crippen LogP contribution >= 0.6 is 15.9 Å². The Morgan fingerprint density at radius 3 is 2.40 bits per heavy atom. The predicted molar refractivity (Wildman–Crippen MR) is 86.5 cm³/mol. The Balaban J connectivity index is 1.89. The Hall–Kier alpha value is -0.575. The van der Waals surface area contributed by atoms with Crippen LogP contribution in [0.1, 0.15) is 45.2 Å². The predicted octanol–water partition coefficient (Wildman–Crippen LogP) is 4.41. The molecule has 0 spiro atoms. The number of benzene rings is 1. The van der Waals surface area contributed by atoms with Crippen molar-refractivity contribution in [2.24, 2.45) is 0 Å². The van der Waals surface area contributed by atoms with Crippen molar-refractivity contribution in [1.82, 2.24) is 0 Å². The molecule has 1 aliphatic carbocycles. The first-order valence-electron chi connectivity index (χ1n) is 7.14. The summed E-state index contributed by atoms with van der Waals surface area (Å²) in [4.78, 5) is 0. The molecular formula is C16H20BBrO2. The Morgan fingerprint density at radius 2 is 1.75 bits per heavy atom. The number of halogens is 1. The van der Waals surface area contributed by atoms with Gasteiger partial charge in [0.1, 0.15) is 0 Å². The fourth-order valence-corrected chi connectivity index (χ4v) is 3.37. The molecule has 1 aromatic carbocycles. The van der Waals surface area contributed by atoms with E-state index in [1.54, 1.807) is 0 Å². The third kappa shape index (κ3) is 2.28. The topological polar surface area (TPSA) is 18.5 Å². The van der Waals surface area contributed by atoms with Crippen LogP contribution in [0.3, 0.4) is 0 Å². The molecule has 1 saturated heterocycles. The van der Waals surface area contributed by atoms with E-state index in [1.165, 1.54) is 21.2 Å². The maximum Gasteiger partial charge on any atom is 0.487 e. The summed E-state index contributed by atoms with van der Waals surface area (Å²) in [5.41, 5.74) is 3.52. The molecule has 4 heteroatoms. The number of allylic oxidation sites excluding steroid dienone is 1. The molecule has 1 heterocycles. The van der Waals surface area contributed by atoms with Crippen LogP contribution in [0.2, 0.25) is 0 Å². The average molecular weight is 335 g/mol. The second-order valence-electron chi connectivity index (χ2n) is 6.58. The van der Waals surface area contributed by atoms with E-state index in [-0.39, 0.29) is 18.3 Å². The van der Waals surface area contributed by atoms with Crippen LogP contribution in [-0.4, -0.2) is 18.3 Å². The van der Waals surface area contributed by atoms with E-state index in [1.807, 2.05) is 0 Å². The van der Waals surface area contributed by atoms with E-state index in [0.29, 0.717) is 0 Å². The van der Waals surface area contributed by atoms with Gasteiger partial charge in [-0.25, -0.2) is 0 Å². The molecule has 1 aliphatic heterocycles. The quantitative estimate of drug-likeness (QED) is 0.708. The summed E-state index contributed by atoms with van der Waals surface area (Å²) in [6.07, 6.45) is 2.14. The number of fused-ring (bicyclic) bond motifs is 1. The van der Waals surface area contributed by atoms with Crippen molar-refractivity contribution in [3.63, 3.8) is 0 Å². The van der Waals surface area contributed by atoms with E-state index in [9.17, 15) is 0 Å². The minimum absolute atomic E-state index is 0.250. The highest BCUT2D eigenvalue weighted by Gasteiger charge is 2.50. The average Bonchev–Trinajstić information content (AvgIpc) is 2.80. The van der Waals surface area contributed by atoms with Crippen LogP contribution in [0.5, 0.6) is 0 Å². The van der Waals surface area contributed by atoms with Gasteiger partial charge in [0.05, 0.1) is 11.2 Å². The molecule has 0 amide bonds. The molecule has 1 aromatic rings. The van der Waals surface area contributed by atoms with Crippen molar-refractivity contribution in [2.75, 3.05) is 0 Å². The monoisotopic (exact) mass is 334 g/mol. The van der Waals surface area contributed by atoms with Crippen LogP contribution in [-0.2, 0) is 15.7 Å². The molecule has 0 unspecified atom stereocenters. The molecule has 0 atom stereocenters. The summed E-state index contributed by atoms with van der Waals surface area (Å²) >= 11 is 3.63. The Labute approximate surface area is 129 Å². The number of hydrogen-bond acceptors (Lipinski definition) is 2. The van der Waals surface area contributed by atoms with Gasteiger partial charge in [0.25, 0.3) is 0 Å². The highest BCUT2D eigenvalue weighted by Crippen LogP contribution is 2.40. The van der Waals surface area contributed by atoms with Gasteiger partial charge in [0, 0.05) is 4.47 Å². The third-order valence-corrected chi connectivity index (χ3v) is 5.46. The van der Waals surface area contributed by atoms with Crippen molar-refractivity contribution in [3.8, 4) is 0 Å². The largest absolute Gasteiger partial charge is 0.487 e. The van der Waals surface area contributed by atoms with E-state index >= 15 is 0 Å². The van der Waals surface area contributed by atoms with E-state index in [2.05, 4.69) is 67.8 Å². The summed E-state index contributed by atoms with van der Waals surface area (Å²) in [5, 5.41) is 0. The molecule has 2 aliphatic rings. The molecule has 0 saturated carbocycles. The smallest absolute Gasteiger partial charge is 0.400 e. The van der Waals surface area contributed by atoms with Crippen molar-refractivity contribution in [2.45, 2.75) is 51.7 Å². The van der Waals surface area contributed by atoms with Gasteiger partial charge in [-0.3, -0.25) is 0 Å². The maximum atomic E-state index is 6.06. The van der Waals surface area contributed by atoms with Crippen LogP contribution in [0.15, 0.2) is 28.6 Å². The molecule has 3 rings (SSSR count). The van der Waals surface area contributed by atoms with Gasteiger partial charge in [-0.15, -0.1) is 0 Å². The van der Waals surface area contributed by atoms with Crippen molar-refractivity contribution < 1.29 is 9.31 Å². The number of hydrogen-bond donors (Lipinski definition) is 0. The maximum absolute atomic E-state index is 6.06. The first-order chi connectivity index (χ1) is 9.30. The lowest BCUT2D eigenvalue weighted by Gasteiger charge is -2.32. The molecule has 20 heavy (non-hydrogen) atoms. The van der Waals surface area contributed by atoms with Crippen molar-refractivity contribution in [3.05, 3.63) is 39.8 Å². The minimum atomic E-state index is -0.270. The highest BCUT2D eigenvalue weighted by atomic mass is 79.9. The molecular weight excluding hydrogens is 315 g/mol. The van der Waals surface area contributed by atoms with Crippen LogP contribution in [0, 0.1) is 0 Å². The van der Waals surface area contributed by atoms with E-state index in [4.69, 9.17) is 9.31 Å². The summed E-state index contributed by atoms with van der Waals surface area (Å²) < 4.78 is 13.3. The molecule has 1 fully saturated rings. The minimum Gasteiger partial charge on any atom is -0.400 e. The van der Waals surface area contributed by atoms with Crippen LogP contribution in [0.4, 0.5) is 0 Å². The zero-order chi connectivity index (χ0) is 14.5. The van der Waals surface area contributed by atoms with Gasteiger partial charge < -0.3 is 9.31 Å². The summed E-state index contributed by atoms with van der Waals surface area (Å²) in [6, 6.07) is 6.38. The summed E-state index contributed by atoms with van der Waals surface area (Å²) in [7, 11) is -0.250. The molecule has 0 bridgehead atoms. The van der Waals surface area contributed by atoms with Gasteiger partial charge in [-0.05, 0) is 63.3 Å². The number of rotatable bonds is 1. The van der Waals surface area contributed by atoms with Gasteiger partial charge >= 0.3 is 7.12 Å². The fraction of sp³-hybridized carbons (Fsp3) is 0.500. The Morgan fingerprint density at radius 1 is 1.10 bits per heavy atom. The van der Waals surface area contributed by atoms with Gasteiger partial charge in [0.2, 0.25) is 0 Å². The van der Waals surface area contributed by atoms with Crippen molar-refractivity contribution >= 4 is 28.6 Å². The van der Waals surface area contributed by atoms with Gasteiger partial charge in [-0.2, -0.15) is 0 Å². The summed E-state index contributed by atoms with van der Waals surface area (Å²) in [6.45, 7) is 8.35. The molecule has 0 radical (unpaired) electrons. The van der Waals surface area contributed by atoms with Crippen LogP contribution < -0.4 is 0 Å². The lowest BCUT2D eigenvalue weighted by atomic mass is 9.85. The van der Waals surface area contributed by atoms with Gasteiger partial charge in [-0.1, -0.05) is 34.0 Å². The van der Waals surface area contributed by atoms with Crippen LogP contribution in [0.25, 0.3) is 5.57 Å². The standard InChI is InChI=1S/C16H20BBrO2/c1-15(2)16(3,4)20-17(19-15)10-11-8-9-13-12(11)6-5-7-14(13)18/h5-7,10H,8-9H2,1-4H3/b11-10-. The lowest BCUT2D eigenvalue weighted by Crippen LogP contribution is -2.41. The zero-order valence-corrected chi connectivity index (χ0v) is 14.1. The van der Waals surface area contributed by atoms with E-state index < -0.39 is 0 Å². The summed E-state index contributed by atoms with van der Waals surface area (Å²) in [5.74, 6) is 2.15. The third-order valence-electron chi connectivity index (χ3n) is 4.72. The molecule has 0 N–H and O–H groups in total. The van der Waals surface area contributed by atoms with Crippen molar-refractivity contribution in [1.29, 1.82) is 0 Å². The zero-order valence-electron chi connectivity index (χ0n) is 12.5. The Kier molecular flexibility index (Phi) is 3.39. The SMILES string of the molecule is CC1(C)OB(/C=C2/CCc3c(Br)cccc32)OC1(C)C. The molecule has 106 valence electrons. The normalized spacial score (nSPS) is 25.2. The Bertz CT molecular complexity index is 562. The molecule has 2 nitrogen and oxygen atoms in total. The van der Waals surface area contributed by atoms with E-state index in [0.717, 1.165) is 12.8 Å². The fourth-order valence-electron chi connectivity index (χ4n) is 2.80. The highest BCUT2D eigenvalue weighted by molar-refractivity contribution is 9.10. The first-order valence-corrected chi connectivity index (χ1v) is 7.93. The second kappa shape index (κ2) is 4.72. The molecule has 0 aromatic heterocycles. The second-order valence-corrected chi connectivity index (χ2v) is 7.44. The van der Waals surface area contributed by atoms with Gasteiger partial charge in [0.15, 0.2) is 0 Å². The lowest BCUT2D eigenvalue weighted by molar-refractivity contribution is 0.00578.